The van der Waals surface area contributed by atoms with Crippen LogP contribution in [0.15, 0.2) is 0 Å². The number of carboxylic acid groups (broad SMARTS) is 1. The monoisotopic (exact) mass is 279 g/mol. The molecule has 0 unspecified atom stereocenters. The zero-order valence-corrected chi connectivity index (χ0v) is 12.5. The minimum atomic E-state index is -0.911. The molecule has 0 aliphatic carbocycles. The van der Waals surface area contributed by atoms with Crippen molar-refractivity contribution in [1.82, 2.24) is 14.8 Å². The van der Waals surface area contributed by atoms with Crippen LogP contribution in [0, 0.1) is 13.8 Å². The fraction of sp³-hybridized carbons (Fsp3) is 0.462. The summed E-state index contributed by atoms with van der Waals surface area (Å²) in [5, 5.41) is 14.4. The van der Waals surface area contributed by atoms with E-state index < -0.39 is 5.97 Å². The molecule has 5 nitrogen and oxygen atoms in total. The van der Waals surface area contributed by atoms with Crippen LogP contribution in [0.3, 0.4) is 0 Å². The fourth-order valence-electron chi connectivity index (χ4n) is 2.07. The van der Waals surface area contributed by atoms with Crippen LogP contribution in [-0.2, 0) is 7.05 Å². The van der Waals surface area contributed by atoms with Crippen LogP contribution >= 0.6 is 11.3 Å². The summed E-state index contributed by atoms with van der Waals surface area (Å²) in [5.41, 5.74) is 3.47. The number of hydrogen-bond donors (Lipinski definition) is 1. The Morgan fingerprint density at radius 2 is 2.00 bits per heavy atom. The highest BCUT2D eigenvalue weighted by Gasteiger charge is 2.23. The van der Waals surface area contributed by atoms with Crippen molar-refractivity contribution in [1.29, 1.82) is 0 Å². The molecule has 0 amide bonds. The van der Waals surface area contributed by atoms with Crippen LogP contribution in [0.4, 0.5) is 0 Å². The molecule has 0 bridgehead atoms. The first kappa shape index (κ1) is 13.7. The highest BCUT2D eigenvalue weighted by Crippen LogP contribution is 2.34. The highest BCUT2D eigenvalue weighted by atomic mass is 32.1. The second kappa shape index (κ2) is 4.77. The van der Waals surface area contributed by atoms with Crippen molar-refractivity contribution in [3.8, 4) is 10.6 Å². The molecule has 0 spiro atoms. The summed E-state index contributed by atoms with van der Waals surface area (Å²) < 4.78 is 1.79. The molecular formula is C13H17N3O2S. The first-order valence-electron chi connectivity index (χ1n) is 6.07. The molecule has 0 aliphatic rings. The quantitative estimate of drug-likeness (QED) is 0.937. The largest absolute Gasteiger partial charge is 0.477 e. The topological polar surface area (TPSA) is 68.0 Å². The maximum absolute atomic E-state index is 11.3. The number of rotatable bonds is 3. The number of aryl methyl sites for hydroxylation is 2. The van der Waals surface area contributed by atoms with Gasteiger partial charge in [-0.25, -0.2) is 9.78 Å². The summed E-state index contributed by atoms with van der Waals surface area (Å²) in [6.45, 7) is 7.79. The van der Waals surface area contributed by atoms with E-state index in [1.165, 1.54) is 11.3 Å². The molecule has 0 aliphatic heterocycles. The van der Waals surface area contributed by atoms with Gasteiger partial charge in [-0.05, 0) is 19.8 Å². The summed E-state index contributed by atoms with van der Waals surface area (Å²) >= 11 is 1.23. The van der Waals surface area contributed by atoms with E-state index in [0.717, 1.165) is 22.0 Å². The molecule has 0 saturated carbocycles. The van der Waals surface area contributed by atoms with E-state index in [2.05, 4.69) is 10.1 Å². The molecule has 0 atom stereocenters. The van der Waals surface area contributed by atoms with Crippen LogP contribution in [0.1, 0.15) is 46.5 Å². The average Bonchev–Trinajstić information content (AvgIpc) is 2.82. The lowest BCUT2D eigenvalue weighted by molar-refractivity contribution is 0.0700. The van der Waals surface area contributed by atoms with Gasteiger partial charge in [0.05, 0.1) is 17.0 Å². The van der Waals surface area contributed by atoms with E-state index in [1.54, 1.807) is 4.68 Å². The van der Waals surface area contributed by atoms with E-state index in [4.69, 9.17) is 0 Å². The highest BCUT2D eigenvalue weighted by molar-refractivity contribution is 7.17. The standard InChI is InChI=1S/C13H17N3O2S/c1-6(2)10-11(13(17)18)19-12(14-10)9-7(3)15-16(5)8(9)4/h6H,1-5H3,(H,17,18). The minimum absolute atomic E-state index is 0.0911. The fourth-order valence-corrected chi connectivity index (χ4v) is 3.27. The van der Waals surface area contributed by atoms with Crippen LogP contribution in [0.2, 0.25) is 0 Å². The Morgan fingerprint density at radius 3 is 2.37 bits per heavy atom. The van der Waals surface area contributed by atoms with Gasteiger partial charge in [-0.15, -0.1) is 11.3 Å². The maximum atomic E-state index is 11.3. The van der Waals surface area contributed by atoms with Crippen molar-refractivity contribution >= 4 is 17.3 Å². The van der Waals surface area contributed by atoms with Crippen LogP contribution in [-0.4, -0.2) is 25.8 Å². The number of thiazole rings is 1. The third-order valence-electron chi connectivity index (χ3n) is 3.12. The number of carboxylic acids is 1. The van der Waals surface area contributed by atoms with Gasteiger partial charge in [0.15, 0.2) is 0 Å². The number of aromatic carboxylic acids is 1. The van der Waals surface area contributed by atoms with Crippen LogP contribution < -0.4 is 0 Å². The third-order valence-corrected chi connectivity index (χ3v) is 4.19. The summed E-state index contributed by atoms with van der Waals surface area (Å²) in [5.74, 6) is -0.819. The Morgan fingerprint density at radius 1 is 1.37 bits per heavy atom. The molecule has 19 heavy (non-hydrogen) atoms. The Balaban J connectivity index is 2.64. The van der Waals surface area contributed by atoms with E-state index in [-0.39, 0.29) is 5.92 Å². The van der Waals surface area contributed by atoms with Crippen molar-refractivity contribution in [2.75, 3.05) is 0 Å². The zero-order valence-electron chi connectivity index (χ0n) is 11.7. The molecule has 2 aromatic heterocycles. The Bertz CT molecular complexity index is 641. The molecule has 1 N–H and O–H groups in total. The molecule has 102 valence electrons. The lowest BCUT2D eigenvalue weighted by atomic mass is 10.1. The zero-order chi connectivity index (χ0) is 14.3. The summed E-state index contributed by atoms with van der Waals surface area (Å²) in [6.07, 6.45) is 0. The summed E-state index contributed by atoms with van der Waals surface area (Å²) in [4.78, 5) is 16.1. The van der Waals surface area contributed by atoms with E-state index in [0.29, 0.717) is 10.6 Å². The lowest BCUT2D eigenvalue weighted by Gasteiger charge is -2.00. The van der Waals surface area contributed by atoms with Crippen molar-refractivity contribution in [3.05, 3.63) is 22.0 Å². The van der Waals surface area contributed by atoms with Gasteiger partial charge < -0.3 is 5.11 Å². The van der Waals surface area contributed by atoms with E-state index in [9.17, 15) is 9.90 Å². The average molecular weight is 279 g/mol. The molecule has 6 heteroatoms. The first-order valence-corrected chi connectivity index (χ1v) is 6.89. The number of hydrogen-bond acceptors (Lipinski definition) is 4. The second-order valence-electron chi connectivity index (χ2n) is 4.86. The number of aromatic nitrogens is 3. The van der Waals surface area contributed by atoms with Gasteiger partial charge in [-0.1, -0.05) is 13.8 Å². The normalized spacial score (nSPS) is 11.3. The molecular weight excluding hydrogens is 262 g/mol. The molecule has 0 fully saturated rings. The Labute approximate surface area is 115 Å². The SMILES string of the molecule is Cc1nn(C)c(C)c1-c1nc(C(C)C)c(C(=O)O)s1. The van der Waals surface area contributed by atoms with Gasteiger partial charge in [-0.2, -0.15) is 5.10 Å². The van der Waals surface area contributed by atoms with Crippen molar-refractivity contribution in [2.24, 2.45) is 7.05 Å². The van der Waals surface area contributed by atoms with E-state index in [1.807, 2.05) is 34.7 Å². The van der Waals surface area contributed by atoms with Gasteiger partial charge in [0, 0.05) is 12.7 Å². The van der Waals surface area contributed by atoms with E-state index >= 15 is 0 Å². The molecule has 0 saturated heterocycles. The molecule has 2 heterocycles. The predicted octanol–water partition coefficient (Wildman–Crippen LogP) is 2.98. The first-order chi connectivity index (χ1) is 8.82. The second-order valence-corrected chi connectivity index (χ2v) is 5.86. The van der Waals surface area contributed by atoms with Gasteiger partial charge in [0.1, 0.15) is 9.88 Å². The molecule has 0 radical (unpaired) electrons. The van der Waals surface area contributed by atoms with Gasteiger partial charge in [0.2, 0.25) is 0 Å². The maximum Gasteiger partial charge on any atom is 0.347 e. The number of carbonyl (C=O) groups is 1. The smallest absolute Gasteiger partial charge is 0.347 e. The lowest BCUT2D eigenvalue weighted by Crippen LogP contribution is -2.00. The van der Waals surface area contributed by atoms with Crippen molar-refractivity contribution in [2.45, 2.75) is 33.6 Å². The molecule has 2 rings (SSSR count). The molecule has 2 aromatic rings. The van der Waals surface area contributed by atoms with Crippen LogP contribution in [0.25, 0.3) is 10.6 Å². The molecule has 0 aromatic carbocycles. The van der Waals surface area contributed by atoms with Gasteiger partial charge in [0.25, 0.3) is 0 Å². The summed E-state index contributed by atoms with van der Waals surface area (Å²) in [7, 11) is 1.88. The number of nitrogens with zero attached hydrogens (tertiary/aromatic N) is 3. The Hall–Kier alpha value is -1.69. The predicted molar refractivity (Wildman–Crippen MR) is 74.8 cm³/mol. The van der Waals surface area contributed by atoms with Gasteiger partial charge in [-0.3, -0.25) is 4.68 Å². The third kappa shape index (κ3) is 2.28. The minimum Gasteiger partial charge on any atom is -0.477 e. The Kier molecular flexibility index (Phi) is 3.45. The van der Waals surface area contributed by atoms with Crippen molar-refractivity contribution in [3.63, 3.8) is 0 Å². The van der Waals surface area contributed by atoms with Crippen molar-refractivity contribution < 1.29 is 9.90 Å². The van der Waals surface area contributed by atoms with Gasteiger partial charge >= 0.3 is 5.97 Å². The summed E-state index contributed by atoms with van der Waals surface area (Å²) in [6, 6.07) is 0. The van der Waals surface area contributed by atoms with Crippen LogP contribution in [0.5, 0.6) is 0 Å².